The van der Waals surface area contributed by atoms with Crippen molar-refractivity contribution in [2.75, 3.05) is 36.0 Å². The fourth-order valence-corrected chi connectivity index (χ4v) is 3.84. The maximum absolute atomic E-state index is 12.9. The second-order valence-corrected chi connectivity index (χ2v) is 8.32. The summed E-state index contributed by atoms with van der Waals surface area (Å²) in [5, 5.41) is 11.6. The molecule has 3 aromatic rings. The third-order valence-electron chi connectivity index (χ3n) is 6.03. The van der Waals surface area contributed by atoms with Crippen LogP contribution in [0.4, 0.5) is 17.1 Å². The fourth-order valence-electron chi connectivity index (χ4n) is 3.84. The van der Waals surface area contributed by atoms with Crippen molar-refractivity contribution in [2.24, 2.45) is 4.99 Å². The molecule has 1 aliphatic rings. The van der Waals surface area contributed by atoms with Crippen molar-refractivity contribution in [2.45, 2.75) is 27.2 Å². The molecule has 0 saturated carbocycles. The van der Waals surface area contributed by atoms with Crippen LogP contribution in [0, 0.1) is 20.8 Å². The molecule has 12 nitrogen and oxygen atoms in total. The molecule has 0 radical (unpaired) electrons. The zero-order valence-electron chi connectivity index (χ0n) is 20.6. The number of amidine groups is 1. The van der Waals surface area contributed by atoms with E-state index in [0.717, 1.165) is 18.9 Å². The van der Waals surface area contributed by atoms with Gasteiger partial charge in [-0.2, -0.15) is 0 Å². The Morgan fingerprint density at radius 2 is 1.35 bits per heavy atom. The minimum atomic E-state index is -0.400. The van der Waals surface area contributed by atoms with Crippen LogP contribution in [-0.2, 0) is 0 Å². The van der Waals surface area contributed by atoms with Crippen molar-refractivity contribution in [1.29, 1.82) is 0 Å². The van der Waals surface area contributed by atoms with E-state index >= 15 is 0 Å². The summed E-state index contributed by atoms with van der Waals surface area (Å²) in [4.78, 5) is 51.0. The molecule has 200 valence electrons. The third kappa shape index (κ3) is 6.27. The first-order valence-corrected chi connectivity index (χ1v) is 11.2. The molecule has 1 aliphatic heterocycles. The Kier molecular flexibility index (Phi) is 9.81. The number of hydrogen-bond acceptors (Lipinski definition) is 6. The SMILES string of the molecule is Cc1c(N)c[nH]c1C(=O)Nc1c[nH]c(C(=O)Nc2c[nH]c(C(=O)NCCC3=NCCN3)c2C)c1C.Cl.Cl. The van der Waals surface area contributed by atoms with E-state index < -0.39 is 5.91 Å². The summed E-state index contributed by atoms with van der Waals surface area (Å²) in [6.07, 6.45) is 5.32. The summed E-state index contributed by atoms with van der Waals surface area (Å²) in [6, 6.07) is 0. The van der Waals surface area contributed by atoms with Crippen LogP contribution in [0.25, 0.3) is 0 Å². The molecule has 0 bridgehead atoms. The summed E-state index contributed by atoms with van der Waals surface area (Å²) in [7, 11) is 0. The van der Waals surface area contributed by atoms with Gasteiger partial charge in [-0.3, -0.25) is 19.4 Å². The van der Waals surface area contributed by atoms with Gasteiger partial charge in [0.2, 0.25) is 0 Å². The number of nitrogens with one attached hydrogen (secondary N) is 7. The van der Waals surface area contributed by atoms with Crippen LogP contribution in [0.2, 0.25) is 0 Å². The Bertz CT molecular complexity index is 1320. The van der Waals surface area contributed by atoms with Gasteiger partial charge in [0, 0.05) is 54.8 Å². The smallest absolute Gasteiger partial charge is 0.272 e. The van der Waals surface area contributed by atoms with Gasteiger partial charge in [0.05, 0.1) is 29.4 Å². The van der Waals surface area contributed by atoms with Gasteiger partial charge < -0.3 is 42.0 Å². The maximum atomic E-state index is 12.9. The number of aromatic nitrogens is 3. The Labute approximate surface area is 225 Å². The molecule has 3 aromatic heterocycles. The molecule has 0 spiro atoms. The standard InChI is InChI=1S/C23H29N9O3.2ClH/c1-11-14(24)8-28-18(11)22(34)31-16-10-30-20(13(16)3)23(35)32-15-9-29-19(12(15)2)21(33)27-5-4-17-25-6-7-26-17;;/h8-10,28-30H,4-7,24H2,1-3H3,(H,25,26)(H,27,33)(H,31,34)(H,32,35);2*1H. The molecular weight excluding hydrogens is 521 g/mol. The number of anilines is 3. The number of rotatable bonds is 8. The van der Waals surface area contributed by atoms with Crippen molar-refractivity contribution in [3.63, 3.8) is 0 Å². The molecule has 0 atom stereocenters. The lowest BCUT2D eigenvalue weighted by molar-refractivity contribution is 0.0948. The van der Waals surface area contributed by atoms with Gasteiger partial charge in [0.25, 0.3) is 17.7 Å². The molecule has 0 saturated heterocycles. The van der Waals surface area contributed by atoms with Gasteiger partial charge in [-0.15, -0.1) is 24.8 Å². The van der Waals surface area contributed by atoms with Crippen LogP contribution in [0.3, 0.4) is 0 Å². The molecule has 0 aromatic carbocycles. The Hall–Kier alpha value is -3.90. The predicted molar refractivity (Wildman–Crippen MR) is 149 cm³/mol. The zero-order chi connectivity index (χ0) is 25.1. The summed E-state index contributed by atoms with van der Waals surface area (Å²) < 4.78 is 0. The number of H-pyrrole nitrogens is 3. The predicted octanol–water partition coefficient (Wildman–Crippen LogP) is 2.65. The van der Waals surface area contributed by atoms with Gasteiger partial charge >= 0.3 is 0 Å². The Balaban J connectivity index is 0.00000241. The molecule has 0 unspecified atom stereocenters. The van der Waals surface area contributed by atoms with E-state index in [9.17, 15) is 14.4 Å². The van der Waals surface area contributed by atoms with Gasteiger partial charge in [-0.1, -0.05) is 0 Å². The van der Waals surface area contributed by atoms with Crippen molar-refractivity contribution in [1.82, 2.24) is 25.6 Å². The Morgan fingerprint density at radius 3 is 1.84 bits per heavy atom. The van der Waals surface area contributed by atoms with Crippen LogP contribution in [-0.4, -0.2) is 58.1 Å². The average molecular weight is 552 g/mol. The van der Waals surface area contributed by atoms with E-state index in [1.54, 1.807) is 39.4 Å². The number of aromatic amines is 3. The molecule has 37 heavy (non-hydrogen) atoms. The number of nitrogen functional groups attached to an aromatic ring is 1. The third-order valence-corrected chi connectivity index (χ3v) is 6.03. The topological polar surface area (TPSA) is 185 Å². The van der Waals surface area contributed by atoms with Crippen molar-refractivity contribution >= 4 is 65.4 Å². The van der Waals surface area contributed by atoms with Gasteiger partial charge in [-0.05, 0) is 20.8 Å². The van der Waals surface area contributed by atoms with E-state index in [1.165, 1.54) is 0 Å². The number of hydrogen-bond donors (Lipinski definition) is 8. The molecule has 4 heterocycles. The van der Waals surface area contributed by atoms with Crippen LogP contribution in [0.5, 0.6) is 0 Å². The van der Waals surface area contributed by atoms with Gasteiger partial charge in [0.15, 0.2) is 0 Å². The largest absolute Gasteiger partial charge is 0.397 e. The second kappa shape index (κ2) is 12.4. The number of halogens is 2. The van der Waals surface area contributed by atoms with Gasteiger partial charge in [0.1, 0.15) is 17.1 Å². The lowest BCUT2D eigenvalue weighted by atomic mass is 10.2. The lowest BCUT2D eigenvalue weighted by Gasteiger charge is -2.07. The van der Waals surface area contributed by atoms with Crippen LogP contribution >= 0.6 is 24.8 Å². The summed E-state index contributed by atoms with van der Waals surface area (Å²) in [5.74, 6) is -0.128. The van der Waals surface area contributed by atoms with Crippen molar-refractivity contribution in [3.05, 3.63) is 52.4 Å². The molecule has 3 amide bonds. The highest BCUT2D eigenvalue weighted by atomic mass is 35.5. The number of carbonyl (C=O) groups is 3. The molecule has 0 aliphatic carbocycles. The monoisotopic (exact) mass is 551 g/mol. The normalized spacial score (nSPS) is 12.0. The molecule has 14 heteroatoms. The number of carbonyl (C=O) groups excluding carboxylic acids is 3. The number of amides is 3. The molecular formula is C23H31Cl2N9O3. The van der Waals surface area contributed by atoms with Crippen molar-refractivity contribution in [3.8, 4) is 0 Å². The van der Waals surface area contributed by atoms with Crippen LogP contribution in [0.15, 0.2) is 23.6 Å². The minimum Gasteiger partial charge on any atom is -0.397 e. The minimum absolute atomic E-state index is 0. The van der Waals surface area contributed by atoms with E-state index in [2.05, 4.69) is 41.2 Å². The first kappa shape index (κ1) is 29.3. The first-order chi connectivity index (χ1) is 16.8. The van der Waals surface area contributed by atoms with E-state index in [0.29, 0.717) is 63.8 Å². The number of nitrogens with two attached hydrogens (primary N) is 1. The highest BCUT2D eigenvalue weighted by Crippen LogP contribution is 2.24. The van der Waals surface area contributed by atoms with Crippen molar-refractivity contribution < 1.29 is 14.4 Å². The zero-order valence-corrected chi connectivity index (χ0v) is 22.3. The summed E-state index contributed by atoms with van der Waals surface area (Å²) >= 11 is 0. The van der Waals surface area contributed by atoms with Crippen LogP contribution in [0.1, 0.15) is 54.6 Å². The van der Waals surface area contributed by atoms with Crippen LogP contribution < -0.4 is 27.0 Å². The maximum Gasteiger partial charge on any atom is 0.272 e. The molecule has 4 rings (SSSR count). The highest BCUT2D eigenvalue weighted by Gasteiger charge is 2.21. The fraction of sp³-hybridized carbons (Fsp3) is 0.304. The van der Waals surface area contributed by atoms with E-state index in [1.807, 2.05) is 0 Å². The van der Waals surface area contributed by atoms with E-state index in [4.69, 9.17) is 5.73 Å². The van der Waals surface area contributed by atoms with Gasteiger partial charge in [-0.25, -0.2) is 0 Å². The number of aliphatic imine (C=N–C) groups is 1. The average Bonchev–Trinajstić information content (AvgIpc) is 3.61. The number of nitrogens with zero attached hydrogens (tertiary/aromatic N) is 1. The molecule has 9 N–H and O–H groups in total. The first-order valence-electron chi connectivity index (χ1n) is 11.2. The highest BCUT2D eigenvalue weighted by molar-refractivity contribution is 6.09. The lowest BCUT2D eigenvalue weighted by Crippen LogP contribution is -2.29. The summed E-state index contributed by atoms with van der Waals surface area (Å²) in [5.41, 5.74) is 10.1. The summed E-state index contributed by atoms with van der Waals surface area (Å²) in [6.45, 7) is 7.27. The second-order valence-electron chi connectivity index (χ2n) is 8.32. The molecule has 0 fully saturated rings. The Morgan fingerprint density at radius 1 is 0.838 bits per heavy atom. The van der Waals surface area contributed by atoms with E-state index in [-0.39, 0.29) is 36.6 Å². The quantitative estimate of drug-likeness (QED) is 0.213.